The predicted molar refractivity (Wildman–Crippen MR) is 59.9 cm³/mol. The van der Waals surface area contributed by atoms with Gasteiger partial charge in [0.05, 0.1) is 7.11 Å². The highest BCUT2D eigenvalue weighted by molar-refractivity contribution is 5.82. The molecule has 0 aromatic heterocycles. The van der Waals surface area contributed by atoms with Gasteiger partial charge >= 0.3 is 5.97 Å². The van der Waals surface area contributed by atoms with Crippen molar-refractivity contribution in [3.63, 3.8) is 0 Å². The molecular formula is C12H20O4. The van der Waals surface area contributed by atoms with Gasteiger partial charge in [0, 0.05) is 32.6 Å². The minimum absolute atomic E-state index is 0.281. The number of esters is 1. The summed E-state index contributed by atoms with van der Waals surface area (Å²) in [7, 11) is 3.06. The van der Waals surface area contributed by atoms with E-state index in [9.17, 15) is 4.79 Å². The fourth-order valence-corrected chi connectivity index (χ4v) is 1.99. The zero-order valence-electron chi connectivity index (χ0n) is 10.2. The van der Waals surface area contributed by atoms with Crippen LogP contribution in [0.1, 0.15) is 32.6 Å². The van der Waals surface area contributed by atoms with Crippen LogP contribution in [0.2, 0.25) is 0 Å². The Bertz CT molecular complexity index is 260. The molecule has 1 fully saturated rings. The van der Waals surface area contributed by atoms with E-state index in [1.807, 2.05) is 6.92 Å². The SMILES string of the molecule is CCOC1(OC)CCC(=CC(=O)OC)CC1. The molecule has 1 rings (SSSR count). The van der Waals surface area contributed by atoms with Crippen LogP contribution in [-0.2, 0) is 19.0 Å². The maximum Gasteiger partial charge on any atom is 0.330 e. The van der Waals surface area contributed by atoms with Crippen LogP contribution in [0.25, 0.3) is 0 Å². The highest BCUT2D eigenvalue weighted by Gasteiger charge is 2.33. The van der Waals surface area contributed by atoms with Gasteiger partial charge in [0.1, 0.15) is 0 Å². The molecule has 16 heavy (non-hydrogen) atoms. The Morgan fingerprint density at radius 2 is 2.00 bits per heavy atom. The fraction of sp³-hybridized carbons (Fsp3) is 0.750. The van der Waals surface area contributed by atoms with Gasteiger partial charge in [-0.25, -0.2) is 4.79 Å². The third-order valence-corrected chi connectivity index (χ3v) is 2.96. The van der Waals surface area contributed by atoms with Crippen LogP contribution in [0.15, 0.2) is 11.6 Å². The molecule has 1 aliphatic carbocycles. The average Bonchev–Trinajstić information content (AvgIpc) is 2.32. The number of methoxy groups -OCH3 is 2. The van der Waals surface area contributed by atoms with Crippen LogP contribution >= 0.6 is 0 Å². The van der Waals surface area contributed by atoms with Crippen molar-refractivity contribution in [2.45, 2.75) is 38.4 Å². The lowest BCUT2D eigenvalue weighted by atomic mass is 9.89. The molecule has 0 aromatic carbocycles. The Morgan fingerprint density at radius 1 is 1.38 bits per heavy atom. The molecule has 0 heterocycles. The van der Waals surface area contributed by atoms with Gasteiger partial charge in [0.2, 0.25) is 0 Å². The second kappa shape index (κ2) is 6.01. The van der Waals surface area contributed by atoms with E-state index in [1.54, 1.807) is 13.2 Å². The molecule has 0 saturated heterocycles. The van der Waals surface area contributed by atoms with Crippen molar-refractivity contribution in [2.24, 2.45) is 0 Å². The molecule has 1 aliphatic rings. The molecule has 92 valence electrons. The van der Waals surface area contributed by atoms with Gasteiger partial charge in [0.15, 0.2) is 5.79 Å². The molecule has 0 unspecified atom stereocenters. The topological polar surface area (TPSA) is 44.8 Å². The van der Waals surface area contributed by atoms with Crippen molar-refractivity contribution in [2.75, 3.05) is 20.8 Å². The van der Waals surface area contributed by atoms with Crippen LogP contribution in [-0.4, -0.2) is 32.6 Å². The number of rotatable bonds is 4. The van der Waals surface area contributed by atoms with Crippen molar-refractivity contribution in [3.05, 3.63) is 11.6 Å². The number of carbonyl (C=O) groups excluding carboxylic acids is 1. The molecule has 4 nitrogen and oxygen atoms in total. The average molecular weight is 228 g/mol. The van der Waals surface area contributed by atoms with E-state index in [4.69, 9.17) is 9.47 Å². The Kier molecular flexibility index (Phi) is 4.96. The number of allylic oxidation sites excluding steroid dienone is 1. The first-order valence-electron chi connectivity index (χ1n) is 5.62. The van der Waals surface area contributed by atoms with Gasteiger partial charge in [-0.2, -0.15) is 0 Å². The van der Waals surface area contributed by atoms with Gasteiger partial charge in [-0.3, -0.25) is 0 Å². The quantitative estimate of drug-likeness (QED) is 0.419. The van der Waals surface area contributed by atoms with E-state index in [0.717, 1.165) is 31.3 Å². The minimum Gasteiger partial charge on any atom is -0.466 e. The summed E-state index contributed by atoms with van der Waals surface area (Å²) < 4.78 is 15.7. The highest BCUT2D eigenvalue weighted by atomic mass is 16.7. The van der Waals surface area contributed by atoms with Crippen LogP contribution in [0.5, 0.6) is 0 Å². The smallest absolute Gasteiger partial charge is 0.330 e. The van der Waals surface area contributed by atoms with Gasteiger partial charge < -0.3 is 14.2 Å². The summed E-state index contributed by atoms with van der Waals surface area (Å²) in [5.74, 6) is -0.737. The largest absolute Gasteiger partial charge is 0.466 e. The highest BCUT2D eigenvalue weighted by Crippen LogP contribution is 2.35. The number of carbonyl (C=O) groups is 1. The second-order valence-electron chi connectivity index (χ2n) is 3.87. The van der Waals surface area contributed by atoms with Crippen LogP contribution in [0.3, 0.4) is 0 Å². The molecule has 0 radical (unpaired) electrons. The first kappa shape index (κ1) is 13.2. The van der Waals surface area contributed by atoms with E-state index in [0.29, 0.717) is 6.61 Å². The fourth-order valence-electron chi connectivity index (χ4n) is 1.99. The molecule has 1 saturated carbocycles. The van der Waals surface area contributed by atoms with Crippen LogP contribution < -0.4 is 0 Å². The van der Waals surface area contributed by atoms with Gasteiger partial charge in [0.25, 0.3) is 0 Å². The van der Waals surface area contributed by atoms with Gasteiger partial charge in [-0.1, -0.05) is 5.57 Å². The monoisotopic (exact) mass is 228 g/mol. The van der Waals surface area contributed by atoms with E-state index >= 15 is 0 Å². The van der Waals surface area contributed by atoms with Crippen LogP contribution in [0, 0.1) is 0 Å². The zero-order chi connectivity index (χ0) is 12.0. The van der Waals surface area contributed by atoms with Crippen molar-refractivity contribution in [3.8, 4) is 0 Å². The first-order valence-corrected chi connectivity index (χ1v) is 5.62. The maximum absolute atomic E-state index is 11.1. The molecule has 0 N–H and O–H groups in total. The lowest BCUT2D eigenvalue weighted by Crippen LogP contribution is -2.37. The minimum atomic E-state index is -0.456. The number of ether oxygens (including phenoxy) is 3. The predicted octanol–water partition coefficient (Wildman–Crippen LogP) is 2.04. The van der Waals surface area contributed by atoms with Crippen molar-refractivity contribution in [1.29, 1.82) is 0 Å². The summed E-state index contributed by atoms with van der Waals surface area (Å²) in [5, 5.41) is 0. The molecule has 0 aliphatic heterocycles. The standard InChI is InChI=1S/C12H20O4/c1-4-16-12(15-3)7-5-10(6-8-12)9-11(13)14-2/h9H,4-8H2,1-3H3. The van der Waals surface area contributed by atoms with E-state index in [2.05, 4.69) is 4.74 Å². The van der Waals surface area contributed by atoms with E-state index in [1.165, 1.54) is 7.11 Å². The second-order valence-corrected chi connectivity index (χ2v) is 3.87. The Hall–Kier alpha value is -0.870. The molecule has 0 amide bonds. The molecule has 4 heteroatoms. The summed E-state index contributed by atoms with van der Waals surface area (Å²) >= 11 is 0. The van der Waals surface area contributed by atoms with Gasteiger partial charge in [-0.15, -0.1) is 0 Å². The molecule has 0 aromatic rings. The van der Waals surface area contributed by atoms with Crippen molar-refractivity contribution < 1.29 is 19.0 Å². The van der Waals surface area contributed by atoms with Crippen molar-refractivity contribution in [1.82, 2.24) is 0 Å². The Balaban J connectivity index is 2.55. The summed E-state index contributed by atoms with van der Waals surface area (Å²) in [6, 6.07) is 0. The molecule has 0 bridgehead atoms. The summed E-state index contributed by atoms with van der Waals surface area (Å²) in [6.07, 6.45) is 4.80. The molecule has 0 spiro atoms. The third kappa shape index (κ3) is 3.32. The third-order valence-electron chi connectivity index (χ3n) is 2.96. The van der Waals surface area contributed by atoms with Crippen LogP contribution in [0.4, 0.5) is 0 Å². The maximum atomic E-state index is 11.1. The lowest BCUT2D eigenvalue weighted by Gasteiger charge is -2.36. The van der Waals surface area contributed by atoms with E-state index < -0.39 is 5.79 Å². The normalized spacial score (nSPS) is 25.3. The first-order chi connectivity index (χ1) is 7.65. The number of hydrogen-bond acceptors (Lipinski definition) is 4. The molecular weight excluding hydrogens is 208 g/mol. The summed E-state index contributed by atoms with van der Waals surface area (Å²) in [5.41, 5.74) is 1.11. The summed E-state index contributed by atoms with van der Waals surface area (Å²) in [6.45, 7) is 2.60. The number of hydrogen-bond donors (Lipinski definition) is 0. The Labute approximate surface area is 96.6 Å². The van der Waals surface area contributed by atoms with Crippen molar-refractivity contribution >= 4 is 5.97 Å². The van der Waals surface area contributed by atoms with Gasteiger partial charge in [-0.05, 0) is 19.8 Å². The molecule has 0 atom stereocenters. The summed E-state index contributed by atoms with van der Waals surface area (Å²) in [4.78, 5) is 11.1. The Morgan fingerprint density at radius 3 is 2.44 bits per heavy atom. The zero-order valence-corrected chi connectivity index (χ0v) is 10.2. The lowest BCUT2D eigenvalue weighted by molar-refractivity contribution is -0.232. The van der Waals surface area contributed by atoms with E-state index in [-0.39, 0.29) is 5.97 Å².